The molecule has 0 amide bonds. The second-order valence-electron chi connectivity index (χ2n) is 8.20. The highest BCUT2D eigenvalue weighted by Crippen LogP contribution is 2.16. The van der Waals surface area contributed by atoms with E-state index in [0.717, 1.165) is 31.7 Å². The Kier molecular flexibility index (Phi) is 11.8. The van der Waals surface area contributed by atoms with Gasteiger partial charge >= 0.3 is 17.9 Å². The summed E-state index contributed by atoms with van der Waals surface area (Å²) in [5.41, 5.74) is 0. The number of carbonyl (C=O) groups excluding carboxylic acids is 4. The van der Waals surface area contributed by atoms with E-state index in [9.17, 15) is 24.0 Å². The predicted octanol–water partition coefficient (Wildman–Crippen LogP) is 5.60. The zero-order valence-corrected chi connectivity index (χ0v) is 21.4. The molecule has 11 nitrogen and oxygen atoms in total. The third kappa shape index (κ3) is 9.23. The quantitative estimate of drug-likeness (QED) is 0.166. The molecule has 0 bridgehead atoms. The number of ether oxygens (including phenoxy) is 2. The molecule has 11 heteroatoms. The number of aromatic carboxylic acids is 1. The van der Waals surface area contributed by atoms with Gasteiger partial charge in [0.15, 0.2) is 23.6 Å². The van der Waals surface area contributed by atoms with Gasteiger partial charge in [0.25, 0.3) is 0 Å². The van der Waals surface area contributed by atoms with Crippen molar-refractivity contribution < 1.29 is 51.8 Å². The van der Waals surface area contributed by atoms with Crippen LogP contribution in [0.15, 0.2) is 49.6 Å². The van der Waals surface area contributed by atoms with E-state index in [-0.39, 0.29) is 41.2 Å². The molecule has 3 aromatic rings. The Morgan fingerprint density at radius 3 is 1.97 bits per heavy atom. The highest BCUT2D eigenvalue weighted by molar-refractivity contribution is 5.93. The van der Waals surface area contributed by atoms with Gasteiger partial charge < -0.3 is 27.8 Å². The van der Waals surface area contributed by atoms with Crippen LogP contribution in [0.5, 0.6) is 0 Å². The fourth-order valence-electron chi connectivity index (χ4n) is 3.11. The minimum atomic E-state index is -1.28. The minimum absolute atomic E-state index is 0.0931. The lowest BCUT2D eigenvalue weighted by Gasteiger charge is -2.13. The third-order valence-electron chi connectivity index (χ3n) is 5.31. The fraction of sp³-hybridized carbons (Fsp3) is 0.370. The molecule has 0 saturated carbocycles. The van der Waals surface area contributed by atoms with Crippen LogP contribution in [0, 0.1) is 5.92 Å². The number of hydrogen-bond donors (Lipinski definition) is 1. The molecule has 0 radical (unpaired) electrons. The summed E-state index contributed by atoms with van der Waals surface area (Å²) in [6, 6.07) is 8.24. The number of Topliss-reactive ketones (excluding diaryl/α,β-unsaturated/α-hetero) is 1. The number of ketones is 1. The highest BCUT2D eigenvalue weighted by Gasteiger charge is 2.18. The van der Waals surface area contributed by atoms with E-state index in [1.165, 1.54) is 37.3 Å². The van der Waals surface area contributed by atoms with Crippen LogP contribution in [-0.4, -0.2) is 41.7 Å². The predicted molar refractivity (Wildman–Crippen MR) is 131 cm³/mol. The van der Waals surface area contributed by atoms with E-state index in [1.54, 1.807) is 0 Å². The van der Waals surface area contributed by atoms with E-state index in [1.807, 2.05) is 0 Å². The molecule has 0 aliphatic carbocycles. The summed E-state index contributed by atoms with van der Waals surface area (Å²) in [6.45, 7) is 5.85. The number of carboxylic acids is 1. The van der Waals surface area contributed by atoms with Crippen LogP contribution in [0.25, 0.3) is 0 Å². The number of hydrogen-bond acceptors (Lipinski definition) is 10. The number of carbonyl (C=O) groups is 5. The smallest absolute Gasteiger partial charge is 0.374 e. The molecule has 204 valence electrons. The highest BCUT2D eigenvalue weighted by atomic mass is 16.6. The van der Waals surface area contributed by atoms with Crippen LogP contribution in [0.1, 0.15) is 105 Å². The first kappa shape index (κ1) is 29.8. The van der Waals surface area contributed by atoms with Gasteiger partial charge in [0.2, 0.25) is 17.3 Å². The van der Waals surface area contributed by atoms with Crippen molar-refractivity contribution in [3.63, 3.8) is 0 Å². The Morgan fingerprint density at radius 1 is 0.868 bits per heavy atom. The fourth-order valence-corrected chi connectivity index (χ4v) is 3.11. The van der Waals surface area contributed by atoms with Crippen LogP contribution in [-0.2, 0) is 16.1 Å². The van der Waals surface area contributed by atoms with Gasteiger partial charge in [-0.15, -0.1) is 0 Å². The van der Waals surface area contributed by atoms with Crippen molar-refractivity contribution in [1.82, 2.24) is 0 Å². The van der Waals surface area contributed by atoms with Crippen LogP contribution in [0.4, 0.5) is 0 Å². The van der Waals surface area contributed by atoms with Gasteiger partial charge in [-0.1, -0.05) is 33.1 Å². The molecule has 0 spiro atoms. The maximum atomic E-state index is 11.7. The Hall–Kier alpha value is -4.41. The minimum Gasteiger partial charge on any atom is -0.475 e. The molecule has 38 heavy (non-hydrogen) atoms. The summed E-state index contributed by atoms with van der Waals surface area (Å²) in [7, 11) is 0. The van der Waals surface area contributed by atoms with Crippen LogP contribution >= 0.6 is 0 Å². The average Bonchev–Trinajstić information content (AvgIpc) is 3.68. The van der Waals surface area contributed by atoms with Crippen LogP contribution in [0.3, 0.4) is 0 Å². The molecule has 0 saturated heterocycles. The zero-order valence-electron chi connectivity index (χ0n) is 21.4. The van der Waals surface area contributed by atoms with Crippen molar-refractivity contribution in [3.05, 3.63) is 71.0 Å². The number of furan rings is 3. The van der Waals surface area contributed by atoms with Gasteiger partial charge in [-0.2, -0.15) is 0 Å². The Labute approximate surface area is 218 Å². The van der Waals surface area contributed by atoms with Crippen molar-refractivity contribution in [2.45, 2.75) is 53.1 Å². The molecule has 3 rings (SSSR count). The molecule has 0 aliphatic heterocycles. The van der Waals surface area contributed by atoms with Crippen LogP contribution < -0.4 is 0 Å². The molecule has 0 aliphatic rings. The Morgan fingerprint density at radius 2 is 1.47 bits per heavy atom. The molecule has 3 aromatic heterocycles. The second kappa shape index (κ2) is 15.0. The Balaban J connectivity index is 0.000000267. The molecule has 3 heterocycles. The molecular weight excluding hydrogens is 500 g/mol. The molecule has 0 aromatic carbocycles. The lowest BCUT2D eigenvalue weighted by atomic mass is 10.0. The van der Waals surface area contributed by atoms with E-state index >= 15 is 0 Å². The lowest BCUT2D eigenvalue weighted by molar-refractivity contribution is 0.0386. The first-order valence-corrected chi connectivity index (χ1v) is 12.0. The number of unbranched alkanes of at least 4 members (excludes halogenated alkanes) is 1. The zero-order chi connectivity index (χ0) is 28.1. The average molecular weight is 531 g/mol. The maximum Gasteiger partial charge on any atom is 0.374 e. The number of carboxylic acid groups (broad SMARTS) is 1. The first-order chi connectivity index (χ1) is 18.2. The van der Waals surface area contributed by atoms with Gasteiger partial charge in [0.05, 0.1) is 6.61 Å². The van der Waals surface area contributed by atoms with E-state index in [4.69, 9.17) is 27.8 Å². The summed E-state index contributed by atoms with van der Waals surface area (Å²) in [4.78, 5) is 55.3. The second-order valence-corrected chi connectivity index (χ2v) is 8.20. The Bertz CT molecular complexity index is 1230. The number of aldehydes is 1. The molecule has 0 fully saturated rings. The molecule has 1 atom stereocenters. The molecule has 1 unspecified atom stereocenters. The largest absolute Gasteiger partial charge is 0.475 e. The normalized spacial score (nSPS) is 11.1. The van der Waals surface area contributed by atoms with Gasteiger partial charge in [-0.3, -0.25) is 9.59 Å². The lowest BCUT2D eigenvalue weighted by Crippen LogP contribution is -2.13. The summed E-state index contributed by atoms with van der Waals surface area (Å²) in [5.74, 6) is -2.29. The van der Waals surface area contributed by atoms with E-state index < -0.39 is 17.9 Å². The monoisotopic (exact) mass is 530 g/mol. The van der Waals surface area contributed by atoms with Crippen LogP contribution in [0.2, 0.25) is 0 Å². The molecular formula is C27H30O11. The van der Waals surface area contributed by atoms with Crippen molar-refractivity contribution in [2.24, 2.45) is 5.92 Å². The molecule has 1 N–H and O–H groups in total. The SMILES string of the molecule is CCCCC(CC)COC(=O)c1ccc(C(C)=O)o1.O=Cc1ccc(COC(=O)c2ccc(C(=O)O)o2)o1. The number of esters is 2. The van der Waals surface area contributed by atoms with E-state index in [0.29, 0.717) is 24.6 Å². The third-order valence-corrected chi connectivity index (χ3v) is 5.31. The van der Waals surface area contributed by atoms with Gasteiger partial charge in [-0.25, -0.2) is 14.4 Å². The van der Waals surface area contributed by atoms with Crippen molar-refractivity contribution in [3.8, 4) is 0 Å². The standard InChI is InChI=1S/C15H22O4.C12H8O7/c1-4-6-7-12(5-2)10-18-15(17)14-9-8-13(19-14)11(3)16;13-5-7-1-2-8(18-7)6-17-12(16)10-4-3-9(19-10)11(14)15/h8-9,12H,4-7,10H2,1-3H3;1-5H,6H2,(H,14,15). The first-order valence-electron chi connectivity index (χ1n) is 12.0. The summed E-state index contributed by atoms with van der Waals surface area (Å²) in [5, 5.41) is 8.62. The van der Waals surface area contributed by atoms with Crippen molar-refractivity contribution in [1.29, 1.82) is 0 Å². The summed E-state index contributed by atoms with van der Waals surface area (Å²) in [6.07, 6.45) is 4.87. The van der Waals surface area contributed by atoms with Gasteiger partial charge in [0.1, 0.15) is 12.4 Å². The van der Waals surface area contributed by atoms with Crippen molar-refractivity contribution in [2.75, 3.05) is 6.61 Å². The van der Waals surface area contributed by atoms with Crippen molar-refractivity contribution >= 4 is 30.0 Å². The topological polar surface area (TPSA) is 163 Å². The van der Waals surface area contributed by atoms with Gasteiger partial charge in [0, 0.05) is 6.92 Å². The number of rotatable bonds is 13. The summed E-state index contributed by atoms with van der Waals surface area (Å²) >= 11 is 0. The van der Waals surface area contributed by atoms with Gasteiger partial charge in [-0.05, 0) is 48.7 Å². The van der Waals surface area contributed by atoms with E-state index in [2.05, 4.69) is 13.8 Å². The maximum absolute atomic E-state index is 11.7. The summed E-state index contributed by atoms with van der Waals surface area (Å²) < 4.78 is 24.9.